The van der Waals surface area contributed by atoms with Gasteiger partial charge >= 0.3 is 0 Å². The lowest BCUT2D eigenvalue weighted by molar-refractivity contribution is 0.122. The Labute approximate surface area is 84.3 Å². The summed E-state index contributed by atoms with van der Waals surface area (Å²) in [7, 11) is 0. The molecule has 0 aromatic rings. The van der Waals surface area contributed by atoms with Crippen molar-refractivity contribution in [2.75, 3.05) is 19.8 Å². The SMILES string of the molecule is OC1CCC(CNC2COCC2O)C1. The van der Waals surface area contributed by atoms with Crippen LogP contribution in [0.5, 0.6) is 0 Å². The Hall–Kier alpha value is -0.160. The van der Waals surface area contributed by atoms with Crippen molar-refractivity contribution in [1.29, 1.82) is 0 Å². The first kappa shape index (κ1) is 10.4. The molecular formula is C10H19NO3. The standard InChI is InChI=1S/C10H19NO3/c12-8-2-1-7(3-8)4-11-9-5-14-6-10(9)13/h7-13H,1-6H2. The van der Waals surface area contributed by atoms with Crippen LogP contribution in [-0.2, 0) is 4.74 Å². The number of rotatable bonds is 3. The maximum atomic E-state index is 9.48. The van der Waals surface area contributed by atoms with Crippen molar-refractivity contribution in [2.24, 2.45) is 5.92 Å². The topological polar surface area (TPSA) is 61.7 Å². The molecule has 0 amide bonds. The van der Waals surface area contributed by atoms with Gasteiger partial charge in [0.05, 0.1) is 31.5 Å². The number of aliphatic hydroxyl groups excluding tert-OH is 2. The van der Waals surface area contributed by atoms with Crippen molar-refractivity contribution in [2.45, 2.75) is 37.5 Å². The molecule has 14 heavy (non-hydrogen) atoms. The maximum Gasteiger partial charge on any atom is 0.0948 e. The minimum absolute atomic E-state index is 0.0905. The van der Waals surface area contributed by atoms with Gasteiger partial charge in [-0.15, -0.1) is 0 Å². The lowest BCUT2D eigenvalue weighted by atomic mass is 10.1. The van der Waals surface area contributed by atoms with E-state index < -0.39 is 0 Å². The van der Waals surface area contributed by atoms with Gasteiger partial charge in [-0.2, -0.15) is 0 Å². The van der Waals surface area contributed by atoms with Gasteiger partial charge < -0.3 is 20.3 Å². The first-order valence-electron chi connectivity index (χ1n) is 5.43. The Balaban J connectivity index is 1.67. The molecule has 82 valence electrons. The van der Waals surface area contributed by atoms with Crippen LogP contribution in [0.15, 0.2) is 0 Å². The van der Waals surface area contributed by atoms with Crippen molar-refractivity contribution < 1.29 is 14.9 Å². The molecule has 1 aliphatic heterocycles. The zero-order valence-electron chi connectivity index (χ0n) is 8.35. The Kier molecular flexibility index (Phi) is 3.38. The molecule has 4 nitrogen and oxygen atoms in total. The fourth-order valence-corrected chi connectivity index (χ4v) is 2.29. The largest absolute Gasteiger partial charge is 0.393 e. The van der Waals surface area contributed by atoms with E-state index in [4.69, 9.17) is 4.74 Å². The van der Waals surface area contributed by atoms with Crippen LogP contribution in [0.1, 0.15) is 19.3 Å². The van der Waals surface area contributed by atoms with Crippen LogP contribution < -0.4 is 5.32 Å². The predicted octanol–water partition coefficient (Wildman–Crippen LogP) is -0.503. The van der Waals surface area contributed by atoms with Crippen LogP contribution in [-0.4, -0.2) is 48.2 Å². The minimum atomic E-state index is -0.360. The third kappa shape index (κ3) is 2.45. The molecule has 0 bridgehead atoms. The summed E-state index contributed by atoms with van der Waals surface area (Å²) in [6.07, 6.45) is 2.46. The highest BCUT2D eigenvalue weighted by Crippen LogP contribution is 2.24. The summed E-state index contributed by atoms with van der Waals surface area (Å²) in [6.45, 7) is 1.95. The monoisotopic (exact) mass is 201 g/mol. The van der Waals surface area contributed by atoms with Gasteiger partial charge in [0.25, 0.3) is 0 Å². The van der Waals surface area contributed by atoms with Crippen LogP contribution in [0.3, 0.4) is 0 Å². The molecule has 1 saturated carbocycles. The van der Waals surface area contributed by atoms with Gasteiger partial charge in [-0.1, -0.05) is 0 Å². The summed E-state index contributed by atoms with van der Waals surface area (Å²) in [5.74, 6) is 0.567. The number of ether oxygens (including phenoxy) is 1. The average Bonchev–Trinajstić information content (AvgIpc) is 2.72. The molecule has 1 saturated heterocycles. The highest BCUT2D eigenvalue weighted by Gasteiger charge is 2.28. The van der Waals surface area contributed by atoms with Gasteiger partial charge in [0.2, 0.25) is 0 Å². The van der Waals surface area contributed by atoms with Crippen LogP contribution in [0, 0.1) is 5.92 Å². The zero-order valence-corrected chi connectivity index (χ0v) is 8.35. The Bertz CT molecular complexity index is 188. The lowest BCUT2D eigenvalue weighted by Crippen LogP contribution is -2.41. The highest BCUT2D eigenvalue weighted by atomic mass is 16.5. The summed E-state index contributed by atoms with van der Waals surface area (Å²) in [5.41, 5.74) is 0. The van der Waals surface area contributed by atoms with E-state index in [1.807, 2.05) is 0 Å². The van der Waals surface area contributed by atoms with Crippen LogP contribution in [0.4, 0.5) is 0 Å². The molecule has 2 rings (SSSR count). The van der Waals surface area contributed by atoms with Crippen molar-refractivity contribution in [3.05, 3.63) is 0 Å². The summed E-state index contributed by atoms with van der Waals surface area (Å²) in [5, 5.41) is 22.1. The normalized spacial score (nSPS) is 43.3. The second-order valence-electron chi connectivity index (χ2n) is 4.45. The number of aliphatic hydroxyl groups is 2. The van der Waals surface area contributed by atoms with E-state index in [0.717, 1.165) is 25.8 Å². The Morgan fingerprint density at radius 1 is 1.21 bits per heavy atom. The molecule has 0 radical (unpaired) electrons. The molecule has 4 atom stereocenters. The number of hydrogen-bond donors (Lipinski definition) is 3. The number of hydrogen-bond acceptors (Lipinski definition) is 4. The maximum absolute atomic E-state index is 9.48. The van der Waals surface area contributed by atoms with E-state index in [-0.39, 0.29) is 18.2 Å². The second kappa shape index (κ2) is 4.57. The summed E-state index contributed by atoms with van der Waals surface area (Å²) in [6, 6.07) is 0.0905. The van der Waals surface area contributed by atoms with Gasteiger partial charge in [-0.25, -0.2) is 0 Å². The first-order chi connectivity index (χ1) is 6.75. The zero-order chi connectivity index (χ0) is 9.97. The van der Waals surface area contributed by atoms with E-state index in [0.29, 0.717) is 19.1 Å². The predicted molar refractivity (Wildman–Crippen MR) is 52.0 cm³/mol. The molecule has 1 aliphatic carbocycles. The molecule has 1 heterocycles. The minimum Gasteiger partial charge on any atom is -0.393 e. The van der Waals surface area contributed by atoms with Gasteiger partial charge in [0, 0.05) is 0 Å². The fraction of sp³-hybridized carbons (Fsp3) is 1.00. The van der Waals surface area contributed by atoms with Crippen molar-refractivity contribution in [3.63, 3.8) is 0 Å². The van der Waals surface area contributed by atoms with Crippen molar-refractivity contribution in [3.8, 4) is 0 Å². The van der Waals surface area contributed by atoms with Gasteiger partial charge in [-0.3, -0.25) is 0 Å². The summed E-state index contributed by atoms with van der Waals surface area (Å²) < 4.78 is 5.14. The highest BCUT2D eigenvalue weighted by molar-refractivity contribution is 4.83. The third-order valence-corrected chi connectivity index (χ3v) is 3.23. The quantitative estimate of drug-likeness (QED) is 0.576. The second-order valence-corrected chi connectivity index (χ2v) is 4.45. The number of nitrogens with one attached hydrogen (secondary N) is 1. The van der Waals surface area contributed by atoms with Gasteiger partial charge in [-0.05, 0) is 31.7 Å². The molecule has 0 aromatic heterocycles. The summed E-state index contributed by atoms with van der Waals surface area (Å²) in [4.78, 5) is 0. The lowest BCUT2D eigenvalue weighted by Gasteiger charge is -2.17. The first-order valence-corrected chi connectivity index (χ1v) is 5.43. The fourth-order valence-electron chi connectivity index (χ4n) is 2.29. The molecule has 2 aliphatic rings. The van der Waals surface area contributed by atoms with Crippen LogP contribution in [0.2, 0.25) is 0 Å². The molecule has 2 fully saturated rings. The van der Waals surface area contributed by atoms with Crippen LogP contribution >= 0.6 is 0 Å². The third-order valence-electron chi connectivity index (χ3n) is 3.23. The molecule has 0 aromatic carbocycles. The van der Waals surface area contributed by atoms with Crippen LogP contribution in [0.25, 0.3) is 0 Å². The van der Waals surface area contributed by atoms with E-state index >= 15 is 0 Å². The van der Waals surface area contributed by atoms with E-state index in [1.165, 1.54) is 0 Å². The van der Waals surface area contributed by atoms with E-state index in [2.05, 4.69) is 5.32 Å². The van der Waals surface area contributed by atoms with Gasteiger partial charge in [0.1, 0.15) is 0 Å². The average molecular weight is 201 g/mol. The molecule has 4 heteroatoms. The molecular weight excluding hydrogens is 182 g/mol. The van der Waals surface area contributed by atoms with Crippen molar-refractivity contribution in [1.82, 2.24) is 5.32 Å². The van der Waals surface area contributed by atoms with E-state index in [9.17, 15) is 10.2 Å². The summed E-state index contributed by atoms with van der Waals surface area (Å²) >= 11 is 0. The molecule has 4 unspecified atom stereocenters. The molecule has 3 N–H and O–H groups in total. The van der Waals surface area contributed by atoms with E-state index in [1.54, 1.807) is 0 Å². The molecule has 0 spiro atoms. The smallest absolute Gasteiger partial charge is 0.0948 e. The Morgan fingerprint density at radius 2 is 2.07 bits per heavy atom. The Morgan fingerprint density at radius 3 is 2.64 bits per heavy atom. The van der Waals surface area contributed by atoms with Crippen molar-refractivity contribution >= 4 is 0 Å². The van der Waals surface area contributed by atoms with Gasteiger partial charge in [0.15, 0.2) is 0 Å².